The fraction of sp³-hybridized carbons (Fsp3) is 0.0667. The largest absolute Gasteiger partial charge is 0.291 e. The van der Waals surface area contributed by atoms with Crippen molar-refractivity contribution in [3.63, 3.8) is 0 Å². The molecule has 0 spiro atoms. The number of amides is 1. The van der Waals surface area contributed by atoms with Gasteiger partial charge in [0.1, 0.15) is 0 Å². The third kappa shape index (κ3) is 3.09. The van der Waals surface area contributed by atoms with Gasteiger partial charge in [-0.1, -0.05) is 6.07 Å². The first-order valence-corrected chi connectivity index (χ1v) is 7.46. The number of aromatic nitrogens is 3. The van der Waals surface area contributed by atoms with Crippen LogP contribution in [0, 0.1) is 0 Å². The van der Waals surface area contributed by atoms with E-state index >= 15 is 0 Å². The molecule has 0 saturated heterocycles. The second-order valence-corrected chi connectivity index (χ2v) is 5.47. The zero-order chi connectivity index (χ0) is 15.4. The Bertz CT molecular complexity index is 792. The molecule has 0 bridgehead atoms. The van der Waals surface area contributed by atoms with Crippen LogP contribution >= 0.6 is 11.3 Å². The quantitative estimate of drug-likeness (QED) is 0.574. The molecule has 3 rings (SSSR count). The van der Waals surface area contributed by atoms with Gasteiger partial charge in [-0.25, -0.2) is 5.43 Å². The van der Waals surface area contributed by atoms with E-state index in [2.05, 4.69) is 25.7 Å². The van der Waals surface area contributed by atoms with Crippen LogP contribution in [0.5, 0.6) is 0 Å². The van der Waals surface area contributed by atoms with Gasteiger partial charge in [-0.15, -0.1) is 11.3 Å². The van der Waals surface area contributed by atoms with E-state index in [1.165, 1.54) is 0 Å². The Morgan fingerprint density at radius 2 is 2.14 bits per heavy atom. The lowest BCUT2D eigenvalue weighted by Crippen LogP contribution is -2.19. The predicted molar refractivity (Wildman–Crippen MR) is 85.8 cm³/mol. The van der Waals surface area contributed by atoms with Crippen molar-refractivity contribution in [2.75, 3.05) is 0 Å². The number of hydrogen-bond donors (Lipinski definition) is 2. The minimum atomic E-state index is -0.354. The Labute approximate surface area is 130 Å². The van der Waals surface area contributed by atoms with E-state index in [9.17, 15) is 4.79 Å². The van der Waals surface area contributed by atoms with Gasteiger partial charge in [-0.05, 0) is 36.6 Å². The number of pyridine rings is 1. The van der Waals surface area contributed by atoms with Gasteiger partial charge < -0.3 is 0 Å². The van der Waals surface area contributed by atoms with Crippen LogP contribution in [0.1, 0.15) is 23.0 Å². The van der Waals surface area contributed by atoms with Crippen molar-refractivity contribution < 1.29 is 4.79 Å². The van der Waals surface area contributed by atoms with Crippen molar-refractivity contribution in [2.45, 2.75) is 6.92 Å². The predicted octanol–water partition coefficient (Wildman–Crippen LogP) is 2.69. The second kappa shape index (κ2) is 6.31. The third-order valence-electron chi connectivity index (χ3n) is 3.02. The fourth-order valence-corrected chi connectivity index (χ4v) is 2.54. The first-order valence-electron chi connectivity index (χ1n) is 6.58. The summed E-state index contributed by atoms with van der Waals surface area (Å²) in [6.45, 7) is 1.82. The average molecular weight is 311 g/mol. The molecule has 0 fully saturated rings. The van der Waals surface area contributed by atoms with Crippen LogP contribution in [0.25, 0.3) is 10.6 Å². The molecular formula is C15H13N5OS. The highest BCUT2D eigenvalue weighted by atomic mass is 32.1. The molecular weight excluding hydrogens is 298 g/mol. The molecule has 3 aromatic heterocycles. The first-order chi connectivity index (χ1) is 10.7. The summed E-state index contributed by atoms with van der Waals surface area (Å²) < 4.78 is 0. The van der Waals surface area contributed by atoms with Gasteiger partial charge >= 0.3 is 0 Å². The summed E-state index contributed by atoms with van der Waals surface area (Å²) in [7, 11) is 0. The maximum atomic E-state index is 12.1. The number of nitrogens with zero attached hydrogens (tertiary/aromatic N) is 3. The van der Waals surface area contributed by atoms with E-state index in [1.54, 1.807) is 29.8 Å². The maximum Gasteiger partial charge on any atom is 0.291 e. The Hall–Kier alpha value is -2.80. The topological polar surface area (TPSA) is 83.0 Å². The van der Waals surface area contributed by atoms with Crippen LogP contribution < -0.4 is 5.43 Å². The molecule has 3 heterocycles. The van der Waals surface area contributed by atoms with Crippen molar-refractivity contribution in [2.24, 2.45) is 5.10 Å². The number of thiophene rings is 1. The van der Waals surface area contributed by atoms with E-state index in [4.69, 9.17) is 0 Å². The van der Waals surface area contributed by atoms with Crippen LogP contribution in [0.3, 0.4) is 0 Å². The van der Waals surface area contributed by atoms with Gasteiger partial charge in [0, 0.05) is 18.0 Å². The van der Waals surface area contributed by atoms with E-state index < -0.39 is 0 Å². The maximum absolute atomic E-state index is 12.1. The van der Waals surface area contributed by atoms with E-state index in [0.717, 1.165) is 16.1 Å². The number of rotatable bonds is 4. The monoisotopic (exact) mass is 311 g/mol. The SMILES string of the molecule is C/C(=N/NC(=O)c1cc(-c2cccs2)[nH]n1)c1ccncc1. The smallest absolute Gasteiger partial charge is 0.276 e. The Morgan fingerprint density at radius 3 is 2.86 bits per heavy atom. The second-order valence-electron chi connectivity index (χ2n) is 4.52. The zero-order valence-corrected chi connectivity index (χ0v) is 12.6. The van der Waals surface area contributed by atoms with Crippen LogP contribution in [0.15, 0.2) is 53.2 Å². The minimum absolute atomic E-state index is 0.301. The van der Waals surface area contributed by atoms with Crippen molar-refractivity contribution in [1.82, 2.24) is 20.6 Å². The van der Waals surface area contributed by atoms with Crippen LogP contribution in [-0.4, -0.2) is 26.8 Å². The summed E-state index contributed by atoms with van der Waals surface area (Å²) in [6, 6.07) is 9.27. The van der Waals surface area contributed by atoms with Gasteiger partial charge in [-0.2, -0.15) is 10.2 Å². The number of hydrogen-bond acceptors (Lipinski definition) is 5. The average Bonchev–Trinajstić information content (AvgIpc) is 3.23. The Morgan fingerprint density at radius 1 is 1.32 bits per heavy atom. The molecule has 0 aliphatic carbocycles. The Kier molecular flexibility index (Phi) is 4.06. The molecule has 0 unspecified atom stereocenters. The molecule has 1 amide bonds. The van der Waals surface area contributed by atoms with Gasteiger partial charge in [0.05, 0.1) is 16.3 Å². The van der Waals surface area contributed by atoms with Crippen molar-refractivity contribution in [3.05, 3.63) is 59.4 Å². The van der Waals surface area contributed by atoms with Crippen molar-refractivity contribution in [3.8, 4) is 10.6 Å². The van der Waals surface area contributed by atoms with E-state index in [-0.39, 0.29) is 5.91 Å². The highest BCUT2D eigenvalue weighted by molar-refractivity contribution is 7.13. The molecule has 0 aromatic carbocycles. The number of nitrogens with one attached hydrogen (secondary N) is 2. The zero-order valence-electron chi connectivity index (χ0n) is 11.8. The number of hydrazone groups is 1. The summed E-state index contributed by atoms with van der Waals surface area (Å²) in [5.74, 6) is -0.354. The molecule has 0 saturated carbocycles. The summed E-state index contributed by atoms with van der Waals surface area (Å²) in [5.41, 5.74) is 5.22. The minimum Gasteiger partial charge on any atom is -0.276 e. The number of carbonyl (C=O) groups excluding carboxylic acids is 1. The highest BCUT2D eigenvalue weighted by Gasteiger charge is 2.11. The first kappa shape index (κ1) is 14.2. The Balaban J connectivity index is 1.70. The molecule has 0 atom stereocenters. The molecule has 22 heavy (non-hydrogen) atoms. The molecule has 110 valence electrons. The van der Waals surface area contributed by atoms with Crippen LogP contribution in [0.2, 0.25) is 0 Å². The summed E-state index contributed by atoms with van der Waals surface area (Å²) in [6.07, 6.45) is 3.36. The van der Waals surface area contributed by atoms with Gasteiger partial charge in [-0.3, -0.25) is 14.9 Å². The third-order valence-corrected chi connectivity index (χ3v) is 3.92. The van der Waals surface area contributed by atoms with Crippen molar-refractivity contribution in [1.29, 1.82) is 0 Å². The van der Waals surface area contributed by atoms with Crippen molar-refractivity contribution >= 4 is 23.0 Å². The molecule has 0 aliphatic heterocycles. The van der Waals surface area contributed by atoms with Crippen LogP contribution in [0.4, 0.5) is 0 Å². The lowest BCUT2D eigenvalue weighted by molar-refractivity contribution is 0.0950. The number of H-pyrrole nitrogens is 1. The van der Waals surface area contributed by atoms with E-state index in [1.807, 2.05) is 36.6 Å². The molecule has 2 N–H and O–H groups in total. The molecule has 7 heteroatoms. The van der Waals surface area contributed by atoms with Gasteiger partial charge in [0.25, 0.3) is 5.91 Å². The van der Waals surface area contributed by atoms with Gasteiger partial charge in [0.2, 0.25) is 0 Å². The molecule has 6 nitrogen and oxygen atoms in total. The number of aromatic amines is 1. The molecule has 0 radical (unpaired) electrons. The lowest BCUT2D eigenvalue weighted by atomic mass is 10.2. The summed E-state index contributed by atoms with van der Waals surface area (Å²) >= 11 is 1.58. The normalized spacial score (nSPS) is 11.4. The molecule has 0 aliphatic rings. The number of carbonyl (C=O) groups is 1. The summed E-state index contributed by atoms with van der Waals surface area (Å²) in [4.78, 5) is 17.0. The van der Waals surface area contributed by atoms with Crippen LogP contribution in [-0.2, 0) is 0 Å². The van der Waals surface area contributed by atoms with E-state index in [0.29, 0.717) is 11.4 Å². The summed E-state index contributed by atoms with van der Waals surface area (Å²) in [5, 5.41) is 12.9. The standard InChI is InChI=1S/C15H13N5OS/c1-10(11-4-6-16-7-5-11)17-20-15(21)13-9-12(18-19-13)14-3-2-8-22-14/h2-9H,1H3,(H,18,19)(H,20,21)/b17-10-. The molecule has 3 aromatic rings. The highest BCUT2D eigenvalue weighted by Crippen LogP contribution is 2.22. The van der Waals surface area contributed by atoms with Gasteiger partial charge in [0.15, 0.2) is 5.69 Å². The lowest BCUT2D eigenvalue weighted by Gasteiger charge is -2.00. The fourth-order valence-electron chi connectivity index (χ4n) is 1.85.